The van der Waals surface area contributed by atoms with Crippen LogP contribution in [0, 0.1) is 5.41 Å². The number of aliphatic carboxylic acids is 1. The van der Waals surface area contributed by atoms with Crippen LogP contribution in [0.1, 0.15) is 34.6 Å². The summed E-state index contributed by atoms with van der Waals surface area (Å²) < 4.78 is 0. The Morgan fingerprint density at radius 2 is 1.60 bits per heavy atom. The zero-order valence-electron chi connectivity index (χ0n) is 13.0. The van der Waals surface area contributed by atoms with E-state index in [2.05, 4.69) is 10.6 Å². The Morgan fingerprint density at radius 3 is 1.95 bits per heavy atom. The lowest BCUT2D eigenvalue weighted by Crippen LogP contribution is -2.54. The van der Waals surface area contributed by atoms with E-state index in [4.69, 9.17) is 5.11 Å². The van der Waals surface area contributed by atoms with Gasteiger partial charge in [0.1, 0.15) is 6.54 Å². The Bertz CT molecular complexity index is 386. The van der Waals surface area contributed by atoms with Crippen molar-refractivity contribution in [1.29, 1.82) is 0 Å². The number of amides is 3. The maximum absolute atomic E-state index is 12.1. The van der Waals surface area contributed by atoms with Crippen LogP contribution in [-0.4, -0.2) is 53.6 Å². The van der Waals surface area contributed by atoms with Crippen molar-refractivity contribution in [3.05, 3.63) is 0 Å². The average molecular weight is 287 g/mol. The van der Waals surface area contributed by atoms with Gasteiger partial charge in [-0.3, -0.25) is 9.59 Å². The van der Waals surface area contributed by atoms with Gasteiger partial charge < -0.3 is 20.6 Å². The van der Waals surface area contributed by atoms with Crippen molar-refractivity contribution in [3.8, 4) is 0 Å². The molecule has 0 heterocycles. The first-order chi connectivity index (χ1) is 8.91. The Morgan fingerprint density at radius 1 is 1.10 bits per heavy atom. The van der Waals surface area contributed by atoms with Gasteiger partial charge in [-0.05, 0) is 34.6 Å². The first-order valence-corrected chi connectivity index (χ1v) is 6.41. The summed E-state index contributed by atoms with van der Waals surface area (Å²) in [6.45, 7) is 8.38. The second-order valence-electron chi connectivity index (χ2n) is 6.27. The van der Waals surface area contributed by atoms with Crippen LogP contribution in [0.3, 0.4) is 0 Å². The Kier molecular flexibility index (Phi) is 5.99. The molecule has 3 N–H and O–H groups in total. The summed E-state index contributed by atoms with van der Waals surface area (Å²) in [5.41, 5.74) is -1.39. The van der Waals surface area contributed by atoms with Gasteiger partial charge in [-0.25, -0.2) is 4.79 Å². The first kappa shape index (κ1) is 18.2. The van der Waals surface area contributed by atoms with Crippen molar-refractivity contribution in [2.45, 2.75) is 40.2 Å². The number of carbonyl (C=O) groups excluding carboxylic acids is 2. The van der Waals surface area contributed by atoms with Crippen LogP contribution in [-0.2, 0) is 9.59 Å². The van der Waals surface area contributed by atoms with E-state index in [9.17, 15) is 14.4 Å². The molecule has 0 unspecified atom stereocenters. The highest BCUT2D eigenvalue weighted by Crippen LogP contribution is 2.16. The van der Waals surface area contributed by atoms with E-state index in [1.807, 2.05) is 0 Å². The smallest absolute Gasteiger partial charge is 0.323 e. The van der Waals surface area contributed by atoms with Crippen LogP contribution in [0.15, 0.2) is 0 Å². The number of nitrogens with zero attached hydrogens (tertiary/aromatic N) is 1. The van der Waals surface area contributed by atoms with E-state index in [0.29, 0.717) is 0 Å². The lowest BCUT2D eigenvalue weighted by molar-refractivity contribution is -0.138. The number of urea groups is 1. The summed E-state index contributed by atoms with van der Waals surface area (Å²) in [5.74, 6) is -1.28. The molecule has 7 nitrogen and oxygen atoms in total. The second-order valence-corrected chi connectivity index (χ2v) is 6.27. The molecule has 0 spiro atoms. The third-order valence-corrected chi connectivity index (χ3v) is 2.87. The molecule has 0 radical (unpaired) electrons. The largest absolute Gasteiger partial charge is 0.480 e. The lowest BCUT2D eigenvalue weighted by Gasteiger charge is -2.35. The van der Waals surface area contributed by atoms with E-state index in [1.54, 1.807) is 34.6 Å². The molecule has 116 valence electrons. The molecule has 0 saturated heterocycles. The summed E-state index contributed by atoms with van der Waals surface area (Å²) in [6.07, 6.45) is 0. The van der Waals surface area contributed by atoms with Crippen molar-refractivity contribution in [2.75, 3.05) is 20.1 Å². The van der Waals surface area contributed by atoms with Gasteiger partial charge in [0.05, 0.1) is 5.41 Å². The van der Waals surface area contributed by atoms with Gasteiger partial charge in [0, 0.05) is 19.1 Å². The zero-order valence-corrected chi connectivity index (χ0v) is 13.0. The number of carboxylic acid groups (broad SMARTS) is 1. The van der Waals surface area contributed by atoms with Crippen molar-refractivity contribution in [1.82, 2.24) is 15.5 Å². The predicted molar refractivity (Wildman–Crippen MR) is 75.3 cm³/mol. The van der Waals surface area contributed by atoms with E-state index < -0.39 is 29.5 Å². The minimum atomic E-state index is -1.08. The summed E-state index contributed by atoms with van der Waals surface area (Å²) in [7, 11) is 1.53. The maximum Gasteiger partial charge on any atom is 0.323 e. The lowest BCUT2D eigenvalue weighted by atomic mass is 9.92. The number of nitrogens with one attached hydrogen (secondary N) is 2. The molecule has 0 saturated carbocycles. The van der Waals surface area contributed by atoms with E-state index in [-0.39, 0.29) is 12.5 Å². The minimum Gasteiger partial charge on any atom is -0.480 e. The Balaban J connectivity index is 4.79. The van der Waals surface area contributed by atoms with E-state index >= 15 is 0 Å². The van der Waals surface area contributed by atoms with Crippen LogP contribution >= 0.6 is 0 Å². The molecule has 0 aromatic carbocycles. The summed E-state index contributed by atoms with van der Waals surface area (Å²) in [4.78, 5) is 35.8. The summed E-state index contributed by atoms with van der Waals surface area (Å²) >= 11 is 0. The van der Waals surface area contributed by atoms with Gasteiger partial charge in [-0.15, -0.1) is 0 Å². The highest BCUT2D eigenvalue weighted by molar-refractivity contribution is 5.84. The second kappa shape index (κ2) is 6.58. The Hall–Kier alpha value is -1.79. The molecule has 0 fully saturated rings. The molecular formula is C13H25N3O4. The Labute approximate surface area is 119 Å². The summed E-state index contributed by atoms with van der Waals surface area (Å²) in [6, 6.07) is -0.503. The quantitative estimate of drug-likeness (QED) is 0.691. The fraction of sp³-hybridized carbons (Fsp3) is 0.769. The number of rotatable bonds is 5. The number of carbonyl (C=O) groups is 3. The summed E-state index contributed by atoms with van der Waals surface area (Å²) in [5, 5.41) is 14.0. The predicted octanol–water partition coefficient (Wildman–Crippen LogP) is 0.653. The number of carboxylic acids is 1. The van der Waals surface area contributed by atoms with E-state index in [1.165, 1.54) is 11.9 Å². The van der Waals surface area contributed by atoms with Crippen LogP contribution in [0.5, 0.6) is 0 Å². The van der Waals surface area contributed by atoms with Gasteiger partial charge in [-0.2, -0.15) is 0 Å². The molecule has 0 bridgehead atoms. The fourth-order valence-electron chi connectivity index (χ4n) is 1.56. The highest BCUT2D eigenvalue weighted by Gasteiger charge is 2.31. The van der Waals surface area contributed by atoms with Gasteiger partial charge >= 0.3 is 12.0 Å². The fourth-order valence-corrected chi connectivity index (χ4v) is 1.56. The molecule has 0 aromatic heterocycles. The van der Waals surface area contributed by atoms with Crippen LogP contribution in [0.2, 0.25) is 0 Å². The van der Waals surface area contributed by atoms with Crippen LogP contribution in [0.25, 0.3) is 0 Å². The van der Waals surface area contributed by atoms with Gasteiger partial charge in [0.2, 0.25) is 5.91 Å². The molecular weight excluding hydrogens is 262 g/mol. The zero-order chi connectivity index (χ0) is 16.1. The third kappa shape index (κ3) is 5.46. The molecule has 7 heteroatoms. The molecule has 0 aliphatic carbocycles. The first-order valence-electron chi connectivity index (χ1n) is 6.41. The van der Waals surface area contributed by atoms with Crippen LogP contribution < -0.4 is 10.6 Å². The van der Waals surface area contributed by atoms with Crippen molar-refractivity contribution in [2.24, 2.45) is 5.41 Å². The number of hydrogen-bond acceptors (Lipinski definition) is 3. The van der Waals surface area contributed by atoms with Crippen molar-refractivity contribution < 1.29 is 19.5 Å². The molecule has 0 aromatic rings. The average Bonchev–Trinajstić information content (AvgIpc) is 2.30. The third-order valence-electron chi connectivity index (χ3n) is 2.87. The molecule has 0 aliphatic rings. The molecule has 0 aliphatic heterocycles. The molecule has 20 heavy (non-hydrogen) atoms. The standard InChI is InChI=1S/C13H25N3O4/c1-12(2,3)16(7-9(17)18)11(20)15-8-13(4,5)10(19)14-6/h7-8H2,1-6H3,(H,14,19)(H,15,20)(H,17,18). The minimum absolute atomic E-state index is 0.123. The topological polar surface area (TPSA) is 98.7 Å². The van der Waals surface area contributed by atoms with Crippen molar-refractivity contribution in [3.63, 3.8) is 0 Å². The van der Waals surface area contributed by atoms with E-state index in [0.717, 1.165) is 0 Å². The van der Waals surface area contributed by atoms with Gasteiger partial charge in [0.15, 0.2) is 0 Å². The highest BCUT2D eigenvalue weighted by atomic mass is 16.4. The van der Waals surface area contributed by atoms with Crippen molar-refractivity contribution >= 4 is 17.9 Å². The SMILES string of the molecule is CNC(=O)C(C)(C)CNC(=O)N(CC(=O)O)C(C)(C)C. The maximum atomic E-state index is 12.1. The van der Waals surface area contributed by atoms with Gasteiger partial charge in [0.25, 0.3) is 0 Å². The number of hydrogen-bond donors (Lipinski definition) is 3. The monoisotopic (exact) mass is 287 g/mol. The molecule has 3 amide bonds. The molecule has 0 atom stereocenters. The molecule has 0 rings (SSSR count). The van der Waals surface area contributed by atoms with Crippen LogP contribution in [0.4, 0.5) is 4.79 Å². The van der Waals surface area contributed by atoms with Gasteiger partial charge in [-0.1, -0.05) is 0 Å². The normalized spacial score (nSPS) is 11.7.